The SMILES string of the molecule is CC(C)C(C)(C)c1ccccc1OC(=O)OCCN[C@@H](CC(N)=O)C(N)=O. The standard InChI is InChI=1S/C19H29N3O5/c1-12(2)19(3,4)13-7-5-6-8-15(13)27-18(25)26-10-9-22-14(17(21)24)11-16(20)23/h5-8,12,14,22H,9-11H2,1-4H3,(H2,20,23)(H2,21,24)/t14-/m0/s1. The number of nitrogens with one attached hydrogen (secondary N) is 1. The Morgan fingerprint density at radius 3 is 2.33 bits per heavy atom. The fourth-order valence-corrected chi connectivity index (χ4v) is 2.36. The number of hydrogen-bond acceptors (Lipinski definition) is 6. The van der Waals surface area contributed by atoms with Crippen LogP contribution in [-0.2, 0) is 19.7 Å². The average molecular weight is 379 g/mol. The van der Waals surface area contributed by atoms with Gasteiger partial charge in [-0.3, -0.25) is 9.59 Å². The zero-order valence-electron chi connectivity index (χ0n) is 16.3. The van der Waals surface area contributed by atoms with Crippen molar-refractivity contribution in [2.24, 2.45) is 17.4 Å². The summed E-state index contributed by atoms with van der Waals surface area (Å²) in [4.78, 5) is 34.1. The number of benzene rings is 1. The van der Waals surface area contributed by atoms with Crippen molar-refractivity contribution in [3.8, 4) is 5.75 Å². The Kier molecular flexibility index (Phi) is 8.24. The molecular formula is C19H29N3O5. The summed E-state index contributed by atoms with van der Waals surface area (Å²) in [6, 6.07) is 6.41. The van der Waals surface area contributed by atoms with Gasteiger partial charge in [-0.05, 0) is 17.4 Å². The lowest BCUT2D eigenvalue weighted by Gasteiger charge is -2.31. The van der Waals surface area contributed by atoms with Crippen LogP contribution in [0, 0.1) is 5.92 Å². The minimum absolute atomic E-state index is 0.0584. The maximum absolute atomic E-state index is 12.0. The number of rotatable bonds is 10. The van der Waals surface area contributed by atoms with Crippen LogP contribution in [0.25, 0.3) is 0 Å². The highest BCUT2D eigenvalue weighted by atomic mass is 16.7. The van der Waals surface area contributed by atoms with Gasteiger partial charge in [-0.1, -0.05) is 45.9 Å². The molecule has 8 nitrogen and oxygen atoms in total. The van der Waals surface area contributed by atoms with Gasteiger partial charge in [-0.25, -0.2) is 4.79 Å². The number of amides is 2. The second-order valence-electron chi connectivity index (χ2n) is 7.15. The molecule has 0 radical (unpaired) electrons. The normalized spacial score (nSPS) is 12.5. The van der Waals surface area contributed by atoms with E-state index in [-0.39, 0.29) is 25.0 Å². The van der Waals surface area contributed by atoms with Crippen LogP contribution in [0.4, 0.5) is 4.79 Å². The summed E-state index contributed by atoms with van der Waals surface area (Å²) in [5.74, 6) is -0.589. The second-order valence-corrected chi connectivity index (χ2v) is 7.15. The maximum Gasteiger partial charge on any atom is 0.513 e. The van der Waals surface area contributed by atoms with Gasteiger partial charge in [0, 0.05) is 12.1 Å². The van der Waals surface area contributed by atoms with Crippen LogP contribution in [0.15, 0.2) is 24.3 Å². The molecule has 0 aliphatic heterocycles. The Balaban J connectivity index is 2.59. The van der Waals surface area contributed by atoms with Crippen molar-refractivity contribution >= 4 is 18.0 Å². The first kappa shape index (κ1) is 22.4. The van der Waals surface area contributed by atoms with Gasteiger partial charge >= 0.3 is 6.16 Å². The second kappa shape index (κ2) is 9.91. The molecule has 0 unspecified atom stereocenters. The van der Waals surface area contributed by atoms with Crippen LogP contribution >= 0.6 is 0 Å². The molecule has 0 saturated heterocycles. The van der Waals surface area contributed by atoms with Crippen molar-refractivity contribution in [1.82, 2.24) is 5.32 Å². The van der Waals surface area contributed by atoms with E-state index >= 15 is 0 Å². The third-order valence-corrected chi connectivity index (χ3v) is 4.68. The summed E-state index contributed by atoms with van der Waals surface area (Å²) >= 11 is 0. The third-order valence-electron chi connectivity index (χ3n) is 4.68. The first-order valence-electron chi connectivity index (χ1n) is 8.80. The Morgan fingerprint density at radius 1 is 1.15 bits per heavy atom. The van der Waals surface area contributed by atoms with Crippen LogP contribution in [0.3, 0.4) is 0 Å². The van der Waals surface area contributed by atoms with Crippen molar-refractivity contribution in [2.75, 3.05) is 13.2 Å². The first-order chi connectivity index (χ1) is 12.6. The van der Waals surface area contributed by atoms with E-state index in [1.807, 2.05) is 12.1 Å². The topological polar surface area (TPSA) is 134 Å². The van der Waals surface area contributed by atoms with Crippen molar-refractivity contribution in [2.45, 2.75) is 45.6 Å². The highest BCUT2D eigenvalue weighted by Gasteiger charge is 2.28. The zero-order valence-corrected chi connectivity index (χ0v) is 16.3. The maximum atomic E-state index is 12.0. The van der Waals surface area contributed by atoms with E-state index in [2.05, 4.69) is 33.0 Å². The molecule has 1 rings (SSSR count). The molecule has 0 bridgehead atoms. The lowest BCUT2D eigenvalue weighted by atomic mass is 9.75. The monoisotopic (exact) mass is 379 g/mol. The molecule has 0 fully saturated rings. The summed E-state index contributed by atoms with van der Waals surface area (Å²) in [5, 5.41) is 2.71. The van der Waals surface area contributed by atoms with Gasteiger partial charge in [0.1, 0.15) is 12.4 Å². The fourth-order valence-electron chi connectivity index (χ4n) is 2.36. The van der Waals surface area contributed by atoms with Crippen molar-refractivity contribution < 1.29 is 23.9 Å². The molecule has 8 heteroatoms. The van der Waals surface area contributed by atoms with Crippen LogP contribution in [0.2, 0.25) is 0 Å². The molecule has 150 valence electrons. The van der Waals surface area contributed by atoms with Crippen molar-refractivity contribution in [1.29, 1.82) is 0 Å². The Labute approximate surface area is 159 Å². The zero-order chi connectivity index (χ0) is 20.6. The smallest absolute Gasteiger partial charge is 0.433 e. The summed E-state index contributed by atoms with van der Waals surface area (Å²) < 4.78 is 10.4. The van der Waals surface area contributed by atoms with Gasteiger partial charge < -0.3 is 26.3 Å². The molecular weight excluding hydrogens is 350 g/mol. The van der Waals surface area contributed by atoms with Crippen LogP contribution < -0.4 is 21.5 Å². The van der Waals surface area contributed by atoms with Gasteiger partial charge in [-0.2, -0.15) is 0 Å². The minimum Gasteiger partial charge on any atom is -0.433 e. The number of ether oxygens (including phenoxy) is 2. The van der Waals surface area contributed by atoms with Gasteiger partial charge in [0.2, 0.25) is 11.8 Å². The van der Waals surface area contributed by atoms with E-state index in [4.69, 9.17) is 20.9 Å². The number of nitrogens with two attached hydrogens (primary N) is 2. The van der Waals surface area contributed by atoms with Crippen molar-refractivity contribution in [3.63, 3.8) is 0 Å². The van der Waals surface area contributed by atoms with Gasteiger partial charge in [0.15, 0.2) is 0 Å². The van der Waals surface area contributed by atoms with E-state index in [0.717, 1.165) is 5.56 Å². The van der Waals surface area contributed by atoms with E-state index < -0.39 is 24.0 Å². The molecule has 0 aliphatic carbocycles. The third kappa shape index (κ3) is 6.90. The van der Waals surface area contributed by atoms with Crippen LogP contribution in [-0.4, -0.2) is 37.2 Å². The molecule has 27 heavy (non-hydrogen) atoms. The predicted molar refractivity (Wildman–Crippen MR) is 101 cm³/mol. The minimum atomic E-state index is -0.908. The molecule has 1 aromatic carbocycles. The number of primary amides is 2. The Hall–Kier alpha value is -2.61. The molecule has 0 aromatic heterocycles. The van der Waals surface area contributed by atoms with E-state index in [1.165, 1.54) is 0 Å². The average Bonchev–Trinajstić information content (AvgIpc) is 2.57. The summed E-state index contributed by atoms with van der Waals surface area (Å²) in [6.07, 6.45) is -1.08. The van der Waals surface area contributed by atoms with Gasteiger partial charge in [0.05, 0.1) is 12.5 Å². The van der Waals surface area contributed by atoms with E-state index in [1.54, 1.807) is 12.1 Å². The predicted octanol–water partition coefficient (Wildman–Crippen LogP) is 1.45. The molecule has 0 aliphatic rings. The summed E-state index contributed by atoms with van der Waals surface area (Å²) in [6.45, 7) is 8.42. The summed E-state index contributed by atoms with van der Waals surface area (Å²) in [7, 11) is 0. The van der Waals surface area contributed by atoms with Crippen molar-refractivity contribution in [3.05, 3.63) is 29.8 Å². The Morgan fingerprint density at radius 2 is 1.78 bits per heavy atom. The Bertz CT molecular complexity index is 673. The fraction of sp³-hybridized carbons (Fsp3) is 0.526. The molecule has 1 aromatic rings. The molecule has 0 spiro atoms. The van der Waals surface area contributed by atoms with Crippen LogP contribution in [0.5, 0.6) is 5.75 Å². The number of para-hydroxylation sites is 1. The molecule has 2 amide bonds. The quantitative estimate of drug-likeness (QED) is 0.320. The highest BCUT2D eigenvalue weighted by Crippen LogP contribution is 2.37. The number of hydrogen-bond donors (Lipinski definition) is 3. The summed E-state index contributed by atoms with van der Waals surface area (Å²) in [5.41, 5.74) is 10.9. The first-order valence-corrected chi connectivity index (χ1v) is 8.80. The van der Waals surface area contributed by atoms with Gasteiger partial charge in [-0.15, -0.1) is 0 Å². The van der Waals surface area contributed by atoms with E-state index in [0.29, 0.717) is 11.7 Å². The lowest BCUT2D eigenvalue weighted by Crippen LogP contribution is -2.45. The largest absolute Gasteiger partial charge is 0.513 e. The molecule has 5 N–H and O–H groups in total. The molecule has 1 atom stereocenters. The lowest BCUT2D eigenvalue weighted by molar-refractivity contribution is -0.125. The number of carbonyl (C=O) groups excluding carboxylic acids is 3. The van der Waals surface area contributed by atoms with E-state index in [9.17, 15) is 14.4 Å². The molecule has 0 saturated carbocycles. The molecule has 0 heterocycles. The van der Waals surface area contributed by atoms with Crippen LogP contribution in [0.1, 0.15) is 39.7 Å². The number of carbonyl (C=O) groups is 3. The highest BCUT2D eigenvalue weighted by molar-refractivity contribution is 5.86. The van der Waals surface area contributed by atoms with Gasteiger partial charge in [0.25, 0.3) is 0 Å².